The molecule has 1 unspecified atom stereocenters. The van der Waals surface area contributed by atoms with Gasteiger partial charge in [-0.3, -0.25) is 0 Å². The quantitative estimate of drug-likeness (QED) is 0.803. The molecule has 0 heterocycles. The number of aliphatic hydroxyl groups excluding tert-OH is 1. The third-order valence-electron chi connectivity index (χ3n) is 3.95. The lowest BCUT2D eigenvalue weighted by Gasteiger charge is -2.15. The topological polar surface area (TPSA) is 53.2 Å². The Hall–Kier alpha value is -1.53. The number of ether oxygens (including phenoxy) is 1. The van der Waals surface area contributed by atoms with Crippen LogP contribution in [0.2, 0.25) is 0 Å². The van der Waals surface area contributed by atoms with E-state index in [-0.39, 0.29) is 11.5 Å². The number of fused-ring (bicyclic) bond motifs is 1. The van der Waals surface area contributed by atoms with Crippen LogP contribution in [0.5, 0.6) is 5.75 Å². The Morgan fingerprint density at radius 2 is 2.20 bits per heavy atom. The molecule has 3 nitrogen and oxygen atoms in total. The van der Waals surface area contributed by atoms with Gasteiger partial charge in [-0.2, -0.15) is 5.26 Å². The number of unbranched alkanes of at least 4 members (excludes halogenated alkanes) is 1. The molecule has 1 aliphatic carbocycles. The highest BCUT2D eigenvalue weighted by Gasteiger charge is 2.23. The second-order valence-electron chi connectivity index (χ2n) is 6.18. The van der Waals surface area contributed by atoms with Crippen LogP contribution in [0.15, 0.2) is 18.2 Å². The molecule has 0 spiro atoms. The summed E-state index contributed by atoms with van der Waals surface area (Å²) in [5.41, 5.74) is 1.95. The normalized spacial score (nSPS) is 17.6. The van der Waals surface area contributed by atoms with Crippen LogP contribution in [0.25, 0.3) is 0 Å². The van der Waals surface area contributed by atoms with Crippen molar-refractivity contribution in [3.05, 3.63) is 29.3 Å². The molecule has 2 rings (SSSR count). The zero-order chi connectivity index (χ0) is 14.6. The first-order chi connectivity index (χ1) is 9.53. The van der Waals surface area contributed by atoms with Gasteiger partial charge >= 0.3 is 0 Å². The van der Waals surface area contributed by atoms with E-state index in [2.05, 4.69) is 6.07 Å². The van der Waals surface area contributed by atoms with Crippen molar-refractivity contribution in [2.75, 3.05) is 6.61 Å². The predicted molar refractivity (Wildman–Crippen MR) is 78.5 cm³/mol. The molecule has 1 aromatic carbocycles. The van der Waals surface area contributed by atoms with Gasteiger partial charge in [0.25, 0.3) is 0 Å². The van der Waals surface area contributed by atoms with Crippen LogP contribution in [-0.4, -0.2) is 11.7 Å². The first-order valence-corrected chi connectivity index (χ1v) is 7.37. The highest BCUT2D eigenvalue weighted by molar-refractivity contribution is 5.44. The van der Waals surface area contributed by atoms with E-state index in [9.17, 15) is 5.11 Å². The smallest absolute Gasteiger partial charge is 0.122 e. The van der Waals surface area contributed by atoms with Crippen LogP contribution in [0.3, 0.4) is 0 Å². The molecule has 1 N–H and O–H groups in total. The lowest BCUT2D eigenvalue weighted by atomic mass is 9.89. The van der Waals surface area contributed by atoms with Crippen molar-refractivity contribution in [3.8, 4) is 11.8 Å². The Morgan fingerprint density at radius 3 is 2.95 bits per heavy atom. The highest BCUT2D eigenvalue weighted by Crippen LogP contribution is 2.36. The average molecular weight is 273 g/mol. The van der Waals surface area contributed by atoms with E-state index in [0.717, 1.165) is 49.0 Å². The Kier molecular flexibility index (Phi) is 4.67. The molecule has 0 amide bonds. The van der Waals surface area contributed by atoms with Gasteiger partial charge in [0.05, 0.1) is 24.2 Å². The molecule has 20 heavy (non-hydrogen) atoms. The van der Waals surface area contributed by atoms with Crippen molar-refractivity contribution in [3.63, 3.8) is 0 Å². The third kappa shape index (κ3) is 3.52. The Bertz CT molecular complexity index is 502. The van der Waals surface area contributed by atoms with Gasteiger partial charge in [-0.1, -0.05) is 12.1 Å². The second kappa shape index (κ2) is 6.28. The summed E-state index contributed by atoms with van der Waals surface area (Å²) in [5.74, 6) is 0.915. The monoisotopic (exact) mass is 273 g/mol. The second-order valence-corrected chi connectivity index (χ2v) is 6.18. The molecular formula is C17H23NO2. The molecular weight excluding hydrogens is 250 g/mol. The number of hydrogen-bond donors (Lipinski definition) is 1. The summed E-state index contributed by atoms with van der Waals surface area (Å²) < 4.78 is 5.85. The largest absolute Gasteiger partial charge is 0.493 e. The van der Waals surface area contributed by atoms with Gasteiger partial charge in [-0.25, -0.2) is 0 Å². The lowest BCUT2D eigenvalue weighted by Crippen LogP contribution is -2.08. The minimum Gasteiger partial charge on any atom is -0.493 e. The summed E-state index contributed by atoms with van der Waals surface area (Å²) in [4.78, 5) is 0. The van der Waals surface area contributed by atoms with Crippen molar-refractivity contribution in [2.24, 2.45) is 5.41 Å². The number of rotatable bonds is 6. The number of hydrogen-bond acceptors (Lipinski definition) is 3. The summed E-state index contributed by atoms with van der Waals surface area (Å²) >= 11 is 0. The molecule has 1 atom stereocenters. The van der Waals surface area contributed by atoms with E-state index in [4.69, 9.17) is 10.00 Å². The zero-order valence-electron chi connectivity index (χ0n) is 12.4. The van der Waals surface area contributed by atoms with Crippen molar-refractivity contribution < 1.29 is 9.84 Å². The van der Waals surface area contributed by atoms with Crippen molar-refractivity contribution in [1.29, 1.82) is 5.26 Å². The molecule has 1 aliphatic rings. The maximum absolute atomic E-state index is 9.85. The molecule has 0 aromatic heterocycles. The van der Waals surface area contributed by atoms with Gasteiger partial charge in [0, 0.05) is 5.56 Å². The van der Waals surface area contributed by atoms with E-state index < -0.39 is 0 Å². The summed E-state index contributed by atoms with van der Waals surface area (Å²) in [5, 5.41) is 18.8. The van der Waals surface area contributed by atoms with E-state index in [1.165, 1.54) is 0 Å². The van der Waals surface area contributed by atoms with Crippen LogP contribution in [0.1, 0.15) is 56.8 Å². The molecule has 0 aliphatic heterocycles. The van der Waals surface area contributed by atoms with Gasteiger partial charge in [0.2, 0.25) is 0 Å². The highest BCUT2D eigenvalue weighted by atomic mass is 16.5. The molecule has 0 fully saturated rings. The van der Waals surface area contributed by atoms with Crippen LogP contribution >= 0.6 is 0 Å². The first kappa shape index (κ1) is 14.9. The fraction of sp³-hybridized carbons (Fsp3) is 0.588. The fourth-order valence-electron chi connectivity index (χ4n) is 2.64. The van der Waals surface area contributed by atoms with Gasteiger partial charge in [-0.15, -0.1) is 0 Å². The molecule has 0 bridgehead atoms. The first-order valence-electron chi connectivity index (χ1n) is 7.37. The standard InChI is InChI=1S/C17H23NO2/c1-17(2,12-18)10-3-4-11-20-16-7-5-6-13-14(16)8-9-15(13)19/h5-7,15,19H,3-4,8-11H2,1-2H3. The average Bonchev–Trinajstić information content (AvgIpc) is 2.81. The minimum atomic E-state index is -0.329. The van der Waals surface area contributed by atoms with Crippen LogP contribution < -0.4 is 4.74 Å². The molecule has 3 heteroatoms. The van der Waals surface area contributed by atoms with E-state index >= 15 is 0 Å². The van der Waals surface area contributed by atoms with Crippen molar-refractivity contribution in [2.45, 2.75) is 52.1 Å². The SMILES string of the molecule is CC(C)(C#N)CCCCOc1cccc2c1CCC2O. The molecule has 0 saturated carbocycles. The van der Waals surface area contributed by atoms with E-state index in [1.807, 2.05) is 32.0 Å². The van der Waals surface area contributed by atoms with Crippen molar-refractivity contribution >= 4 is 0 Å². The van der Waals surface area contributed by atoms with E-state index in [0.29, 0.717) is 6.61 Å². The van der Waals surface area contributed by atoms with E-state index in [1.54, 1.807) is 0 Å². The molecule has 0 radical (unpaired) electrons. The van der Waals surface area contributed by atoms with Crippen LogP contribution in [0.4, 0.5) is 0 Å². The third-order valence-corrected chi connectivity index (χ3v) is 3.95. The van der Waals surface area contributed by atoms with Gasteiger partial charge < -0.3 is 9.84 Å². The lowest BCUT2D eigenvalue weighted by molar-refractivity contribution is 0.180. The number of benzene rings is 1. The number of nitrogens with zero attached hydrogens (tertiary/aromatic N) is 1. The summed E-state index contributed by atoms with van der Waals surface area (Å²) in [6, 6.07) is 8.23. The maximum Gasteiger partial charge on any atom is 0.122 e. The predicted octanol–water partition coefficient (Wildman–Crippen LogP) is 3.77. The number of nitriles is 1. The minimum absolute atomic E-state index is 0.238. The fourth-order valence-corrected chi connectivity index (χ4v) is 2.64. The molecule has 108 valence electrons. The summed E-state index contributed by atoms with van der Waals surface area (Å²) in [7, 11) is 0. The van der Waals surface area contributed by atoms with Crippen LogP contribution in [-0.2, 0) is 6.42 Å². The zero-order valence-corrected chi connectivity index (χ0v) is 12.4. The molecule has 0 saturated heterocycles. The maximum atomic E-state index is 9.85. The Morgan fingerprint density at radius 1 is 1.40 bits per heavy atom. The Balaban J connectivity index is 1.80. The van der Waals surface area contributed by atoms with Gasteiger partial charge in [0.15, 0.2) is 0 Å². The Labute approximate surface area is 121 Å². The van der Waals surface area contributed by atoms with Gasteiger partial charge in [-0.05, 0) is 57.6 Å². The van der Waals surface area contributed by atoms with Gasteiger partial charge in [0.1, 0.15) is 5.75 Å². The van der Waals surface area contributed by atoms with Crippen molar-refractivity contribution in [1.82, 2.24) is 0 Å². The summed E-state index contributed by atoms with van der Waals surface area (Å²) in [6.07, 6.45) is 4.22. The molecule has 1 aromatic rings. The number of aliphatic hydroxyl groups is 1. The van der Waals surface area contributed by atoms with Crippen LogP contribution in [0, 0.1) is 16.7 Å². The summed E-state index contributed by atoms with van der Waals surface area (Å²) in [6.45, 7) is 4.62.